The first kappa shape index (κ1) is 57.4. The molecule has 5 heteroatoms. The van der Waals surface area contributed by atoms with Crippen molar-refractivity contribution in [2.24, 2.45) is 0 Å². The fourth-order valence-electron chi connectivity index (χ4n) is 12.5. The maximum Gasteiger partial charge on any atom is 4.00 e. The van der Waals surface area contributed by atoms with E-state index in [1.54, 1.807) is 0 Å². The summed E-state index contributed by atoms with van der Waals surface area (Å²) in [5.74, 6) is 0. The van der Waals surface area contributed by atoms with Gasteiger partial charge in [-0.1, -0.05) is 210 Å². The number of rotatable bonds is 10. The molecule has 0 aliphatic rings. The molecule has 0 saturated carbocycles. The molecule has 0 aliphatic carbocycles. The van der Waals surface area contributed by atoms with Gasteiger partial charge in [-0.05, 0) is 175 Å². The molecule has 10 aromatic carbocycles. The van der Waals surface area contributed by atoms with Gasteiger partial charge in [0.25, 0.3) is 0 Å². The van der Waals surface area contributed by atoms with Crippen molar-refractivity contribution < 1.29 is 58.9 Å². The fourth-order valence-corrected chi connectivity index (χ4v) is 19.6. The molecule has 10 rings (SSSR count). The largest absolute Gasteiger partial charge is 4.00 e. The Bertz CT molecular complexity index is 3000. The molecule has 0 atom stereocenters. The van der Waals surface area contributed by atoms with Gasteiger partial charge in [-0.2, -0.15) is 27.4 Å². The Hall–Kier alpha value is -5.87. The second-order valence-corrected chi connectivity index (χ2v) is 23.1. The van der Waals surface area contributed by atoms with E-state index >= 15 is 0 Å². The third kappa shape index (κ3) is 9.69. The molecule has 74 heavy (non-hydrogen) atoms. The van der Waals surface area contributed by atoms with Crippen molar-refractivity contribution in [3.63, 3.8) is 0 Å². The molecule has 0 aliphatic heterocycles. The average Bonchev–Trinajstić information content (AvgIpc) is 3.59. The van der Waals surface area contributed by atoms with E-state index in [2.05, 4.69) is 269 Å². The maximum atomic E-state index is 2.50. The van der Waals surface area contributed by atoms with Gasteiger partial charge in [0.1, 0.15) is 0 Å². The van der Waals surface area contributed by atoms with Crippen LogP contribution in [0.2, 0.25) is 0 Å². The van der Waals surface area contributed by atoms with Gasteiger partial charge < -0.3 is 37.2 Å². The molecule has 0 N–H and O–H groups in total. The van der Waals surface area contributed by atoms with Gasteiger partial charge in [-0.25, -0.2) is 0 Å². The predicted molar refractivity (Wildman–Crippen MR) is 306 cm³/mol. The normalized spacial score (nSPS) is 10.9. The summed E-state index contributed by atoms with van der Waals surface area (Å²) in [6.45, 7) is 24.4. The van der Waals surface area contributed by atoms with Gasteiger partial charge in [-0.3, -0.25) is 0 Å². The Morgan fingerprint density at radius 1 is 0.270 bits per heavy atom. The maximum absolute atomic E-state index is 3.65. The number of hydrogen-bond acceptors (Lipinski definition) is 0. The first-order valence-electron chi connectivity index (χ1n) is 24.9. The van der Waals surface area contributed by atoms with Crippen LogP contribution in [0.15, 0.2) is 200 Å². The van der Waals surface area contributed by atoms with Crippen LogP contribution in [-0.2, 0) is 21.7 Å². The first-order chi connectivity index (χ1) is 33.9. The molecule has 0 bridgehead atoms. The van der Waals surface area contributed by atoms with Crippen LogP contribution in [0.3, 0.4) is 0 Å². The Morgan fingerprint density at radius 2 is 0.459 bits per heavy atom. The topological polar surface area (TPSA) is 0 Å². The number of hydrogen-bond donors (Lipinski definition) is 0. The molecule has 0 amide bonds. The molecule has 10 aromatic rings. The van der Waals surface area contributed by atoms with Gasteiger partial charge in [0.2, 0.25) is 0 Å². The van der Waals surface area contributed by atoms with Gasteiger partial charge in [0.15, 0.2) is 8.07 Å². The van der Waals surface area contributed by atoms with Crippen LogP contribution < -0.4 is 58.0 Å². The molecule has 0 spiro atoms. The summed E-state index contributed by atoms with van der Waals surface area (Å²) in [6, 6.07) is 74.6. The van der Waals surface area contributed by atoms with Crippen molar-refractivity contribution in [1.82, 2.24) is 0 Å². The summed E-state index contributed by atoms with van der Waals surface area (Å²) in [6.07, 6.45) is 0. The summed E-state index contributed by atoms with van der Waals surface area (Å²) < 4.78 is 0. The molecule has 0 nitrogen and oxygen atoms in total. The second kappa shape index (κ2) is 23.8. The van der Waals surface area contributed by atoms with E-state index in [9.17, 15) is 0 Å². The first-order valence-corrected chi connectivity index (χ1v) is 26.9. The molecular formula is C69H63Cl3SiTi. The van der Waals surface area contributed by atoms with Crippen molar-refractivity contribution in [1.29, 1.82) is 0 Å². The van der Waals surface area contributed by atoms with Crippen LogP contribution in [0.5, 0.6) is 0 Å². The third-order valence-electron chi connectivity index (χ3n) is 16.0. The zero-order chi connectivity index (χ0) is 48.8. The minimum atomic E-state index is -3.65. The molecule has 0 radical (unpaired) electrons. The third-order valence-corrected chi connectivity index (χ3v) is 22.0. The second-order valence-electron chi connectivity index (χ2n) is 19.6. The summed E-state index contributed by atoms with van der Waals surface area (Å²) in [5.41, 5.74) is 28.8. The smallest absolute Gasteiger partial charge is 1.00 e. The molecule has 0 unspecified atom stereocenters. The van der Waals surface area contributed by atoms with Crippen molar-refractivity contribution >= 4 is 28.8 Å². The zero-order valence-electron chi connectivity index (χ0n) is 44.2. The van der Waals surface area contributed by atoms with Crippen LogP contribution in [-0.4, -0.2) is 8.07 Å². The minimum absolute atomic E-state index is 0. The van der Waals surface area contributed by atoms with Crippen molar-refractivity contribution in [3.8, 4) is 66.8 Å². The summed E-state index contributed by atoms with van der Waals surface area (Å²) in [4.78, 5) is 0. The van der Waals surface area contributed by atoms with Crippen LogP contribution >= 0.6 is 0 Å². The Morgan fingerprint density at radius 3 is 0.622 bits per heavy atom. The Labute approximate surface area is 475 Å². The van der Waals surface area contributed by atoms with E-state index in [0.29, 0.717) is 0 Å². The van der Waals surface area contributed by atoms with E-state index in [-0.39, 0.29) is 58.9 Å². The average molecular weight is 1070 g/mol. The number of halogens is 3. The summed E-state index contributed by atoms with van der Waals surface area (Å²) in [7, 11) is -3.65. The van der Waals surface area contributed by atoms with Crippen LogP contribution in [0.4, 0.5) is 0 Å². The van der Waals surface area contributed by atoms with Gasteiger partial charge >= 0.3 is 21.7 Å². The fraction of sp³-hybridized carbons (Fsp3) is 0.145. The van der Waals surface area contributed by atoms with Crippen molar-refractivity contribution in [2.45, 2.75) is 69.2 Å². The van der Waals surface area contributed by atoms with Gasteiger partial charge in [0.05, 0.1) is 0 Å². The summed E-state index contributed by atoms with van der Waals surface area (Å²) in [5, 5.41) is 5.96. The van der Waals surface area contributed by atoms with E-state index < -0.39 is 8.07 Å². The van der Waals surface area contributed by atoms with Crippen LogP contribution in [0.1, 0.15) is 55.6 Å². The molecule has 0 fully saturated rings. The SMILES string of the molecule is Cc1c(-c2ccccc2)cc(-c2ccccc2)c(C)c1[Si](c1c(C)c(-c2ccccc2)cc(-c2ccccc2)c1C)(c1c(C)c(-c2ccccc2)cc(-c2ccccc2)c1C)c1c(C)c(C)c(C)[c-]1C.[Cl-].[Cl-].[Cl-].[Ti+4]. The van der Waals surface area contributed by atoms with Gasteiger partial charge in [-0.15, -0.1) is 0 Å². The van der Waals surface area contributed by atoms with E-state index in [1.807, 2.05) is 0 Å². The molecule has 368 valence electrons. The zero-order valence-corrected chi connectivity index (χ0v) is 49.0. The molecule has 0 heterocycles. The van der Waals surface area contributed by atoms with Crippen LogP contribution in [0, 0.1) is 69.2 Å². The summed E-state index contributed by atoms with van der Waals surface area (Å²) >= 11 is 0. The quantitative estimate of drug-likeness (QED) is 0.0798. The number of benzene rings is 9. The standard InChI is InChI=1S/C69H63Si.3ClH.Ti/c1-44-45(2)47(4)66(46(44)3)70(67-48(5)60(54-29-17-11-18-30-54)41-61(49(67)6)55-31-19-12-20-32-55,68-50(7)62(56-33-21-13-22-34-56)42-63(51(68)8)57-35-23-14-24-36-57)69-52(9)64(58-37-25-15-26-38-58)43-65(53(69)10)59-39-27-16-28-40-59;;;;/h11-43H,1-10H3;3*1H;/q-1;;;;+4/p-3. The van der Waals surface area contributed by atoms with E-state index in [0.717, 1.165) is 0 Å². The van der Waals surface area contributed by atoms with E-state index in [1.165, 1.54) is 143 Å². The predicted octanol–water partition coefficient (Wildman–Crippen LogP) is 6.88. The van der Waals surface area contributed by atoms with Gasteiger partial charge in [0, 0.05) is 0 Å². The van der Waals surface area contributed by atoms with Crippen LogP contribution in [0.25, 0.3) is 66.8 Å². The molecule has 0 saturated heterocycles. The van der Waals surface area contributed by atoms with Crippen molar-refractivity contribution in [3.05, 3.63) is 256 Å². The minimum Gasteiger partial charge on any atom is -1.00 e. The Kier molecular flexibility index (Phi) is 18.4. The molecular weight excluding hydrogens is 1010 g/mol. The molecule has 0 aromatic heterocycles. The Balaban J connectivity index is 0.00000223. The van der Waals surface area contributed by atoms with E-state index in [4.69, 9.17) is 0 Å². The monoisotopic (exact) mass is 1070 g/mol. The van der Waals surface area contributed by atoms with Crippen molar-refractivity contribution in [2.75, 3.05) is 0 Å².